The third kappa shape index (κ3) is 5.91. The number of carbonyl (C=O) groups excluding carboxylic acids is 4. The number of ether oxygens (including phenoxy) is 2. The Labute approximate surface area is 231 Å². The van der Waals surface area contributed by atoms with E-state index in [2.05, 4.69) is 10.6 Å². The van der Waals surface area contributed by atoms with Crippen molar-refractivity contribution in [2.75, 3.05) is 23.9 Å². The van der Waals surface area contributed by atoms with Gasteiger partial charge in [0, 0.05) is 10.6 Å². The smallest absolute Gasteiger partial charge is 0.335 e. The third-order valence-corrected chi connectivity index (χ3v) is 6.25. The van der Waals surface area contributed by atoms with Gasteiger partial charge in [0.2, 0.25) is 0 Å². The van der Waals surface area contributed by atoms with Crippen LogP contribution in [0.2, 0.25) is 15.1 Å². The summed E-state index contributed by atoms with van der Waals surface area (Å²) < 4.78 is 10.9. The summed E-state index contributed by atoms with van der Waals surface area (Å²) in [6.45, 7) is -0.399. The molecule has 1 aliphatic heterocycles. The highest BCUT2D eigenvalue weighted by molar-refractivity contribution is 6.43. The molecule has 3 aromatic rings. The van der Waals surface area contributed by atoms with Crippen LogP contribution in [0.5, 0.6) is 11.5 Å². The number of methoxy groups -OCH3 is 1. The normalized spacial score (nSPS) is 14.4. The number of halogens is 3. The molecule has 0 bridgehead atoms. The van der Waals surface area contributed by atoms with Crippen molar-refractivity contribution >= 4 is 76.0 Å². The van der Waals surface area contributed by atoms with Crippen molar-refractivity contribution in [1.82, 2.24) is 5.32 Å². The minimum absolute atomic E-state index is 0.107. The number of hydrogen-bond acceptors (Lipinski definition) is 6. The topological polar surface area (TPSA) is 114 Å². The highest BCUT2D eigenvalue weighted by Crippen LogP contribution is 2.31. The fraction of sp³-hybridized carbons (Fsp3) is 0.0769. The highest BCUT2D eigenvalue weighted by Gasteiger charge is 2.37. The van der Waals surface area contributed by atoms with Gasteiger partial charge in [-0.2, -0.15) is 0 Å². The summed E-state index contributed by atoms with van der Waals surface area (Å²) in [7, 11) is 1.48. The summed E-state index contributed by atoms with van der Waals surface area (Å²) in [5.74, 6) is -1.67. The van der Waals surface area contributed by atoms with Crippen molar-refractivity contribution in [3.8, 4) is 11.5 Å². The fourth-order valence-corrected chi connectivity index (χ4v) is 3.99. The maximum Gasteiger partial charge on any atom is 0.335 e. The van der Waals surface area contributed by atoms with Crippen LogP contribution in [-0.2, 0) is 14.4 Å². The van der Waals surface area contributed by atoms with E-state index in [1.54, 1.807) is 24.3 Å². The summed E-state index contributed by atoms with van der Waals surface area (Å²) in [6, 6.07) is 14.5. The van der Waals surface area contributed by atoms with Gasteiger partial charge in [0.25, 0.3) is 17.7 Å². The average molecular weight is 575 g/mol. The van der Waals surface area contributed by atoms with E-state index in [1.807, 2.05) is 0 Å². The molecule has 0 saturated carbocycles. The number of anilines is 2. The van der Waals surface area contributed by atoms with Gasteiger partial charge in [-0.15, -0.1) is 0 Å². The second-order valence-electron chi connectivity index (χ2n) is 7.78. The van der Waals surface area contributed by atoms with E-state index in [9.17, 15) is 19.2 Å². The maximum absolute atomic E-state index is 13.2. The molecule has 1 saturated heterocycles. The minimum Gasteiger partial charge on any atom is -0.495 e. The Kier molecular flexibility index (Phi) is 8.21. The Bertz CT molecular complexity index is 1490. The summed E-state index contributed by atoms with van der Waals surface area (Å²) >= 11 is 18.1. The van der Waals surface area contributed by atoms with Gasteiger partial charge in [-0.05, 0) is 54.6 Å². The molecule has 1 fully saturated rings. The van der Waals surface area contributed by atoms with E-state index in [0.717, 1.165) is 4.90 Å². The van der Waals surface area contributed by atoms with Crippen molar-refractivity contribution in [1.29, 1.82) is 0 Å². The van der Waals surface area contributed by atoms with Crippen LogP contribution in [0, 0.1) is 0 Å². The molecule has 12 heteroatoms. The van der Waals surface area contributed by atoms with Crippen LogP contribution in [0.1, 0.15) is 5.56 Å². The van der Waals surface area contributed by atoms with Gasteiger partial charge in [0.1, 0.15) is 17.1 Å². The quantitative estimate of drug-likeness (QED) is 0.291. The Morgan fingerprint density at radius 3 is 2.47 bits per heavy atom. The highest BCUT2D eigenvalue weighted by atomic mass is 35.5. The summed E-state index contributed by atoms with van der Waals surface area (Å²) in [5, 5.41) is 5.42. The molecule has 9 nitrogen and oxygen atoms in total. The number of rotatable bonds is 7. The van der Waals surface area contributed by atoms with Crippen LogP contribution in [0.4, 0.5) is 16.2 Å². The van der Waals surface area contributed by atoms with Crippen LogP contribution >= 0.6 is 34.8 Å². The van der Waals surface area contributed by atoms with Gasteiger partial charge in [-0.1, -0.05) is 46.9 Å². The second kappa shape index (κ2) is 11.6. The first-order valence-electron chi connectivity index (χ1n) is 10.9. The average Bonchev–Trinajstić information content (AvgIpc) is 2.88. The zero-order valence-electron chi connectivity index (χ0n) is 19.6. The van der Waals surface area contributed by atoms with E-state index in [0.29, 0.717) is 11.4 Å². The van der Waals surface area contributed by atoms with E-state index in [1.165, 1.54) is 49.6 Å². The molecule has 0 radical (unpaired) electrons. The van der Waals surface area contributed by atoms with Crippen LogP contribution in [0.15, 0.2) is 66.2 Å². The Balaban J connectivity index is 1.59. The standard InChI is InChI=1S/C26H18Cl3N3O6/c1-37-22-5-3-2-4-20(22)30-23(33)13-38-21-9-6-15(27)10-14(21)11-17-24(34)31-26(36)32(25(17)35)16-7-8-18(28)19(29)12-16/h2-12H,13H2,1H3,(H,30,33)(H,31,34,36)/b17-11-. The van der Waals surface area contributed by atoms with Crippen molar-refractivity contribution in [2.45, 2.75) is 0 Å². The number of amides is 5. The number of benzene rings is 3. The largest absolute Gasteiger partial charge is 0.495 e. The number of carbonyl (C=O) groups is 4. The van der Waals surface area contributed by atoms with Crippen LogP contribution in [0.3, 0.4) is 0 Å². The molecular formula is C26H18Cl3N3O6. The fourth-order valence-electron chi connectivity index (χ4n) is 3.51. The van der Waals surface area contributed by atoms with Gasteiger partial charge >= 0.3 is 6.03 Å². The van der Waals surface area contributed by atoms with Crippen LogP contribution < -0.4 is 25.0 Å². The number of nitrogens with zero attached hydrogens (tertiary/aromatic N) is 1. The van der Waals surface area contributed by atoms with Crippen molar-refractivity contribution in [3.63, 3.8) is 0 Å². The van der Waals surface area contributed by atoms with E-state index < -0.39 is 30.4 Å². The van der Waals surface area contributed by atoms with E-state index >= 15 is 0 Å². The molecule has 0 spiro atoms. The zero-order valence-corrected chi connectivity index (χ0v) is 21.9. The Morgan fingerprint density at radius 1 is 0.974 bits per heavy atom. The molecule has 5 amide bonds. The summed E-state index contributed by atoms with van der Waals surface area (Å²) in [5.41, 5.74) is 0.417. The molecule has 3 aromatic carbocycles. The molecule has 194 valence electrons. The first kappa shape index (κ1) is 27.0. The molecule has 0 atom stereocenters. The molecule has 4 rings (SSSR count). The van der Waals surface area contributed by atoms with Crippen molar-refractivity contribution in [2.24, 2.45) is 0 Å². The lowest BCUT2D eigenvalue weighted by atomic mass is 10.1. The number of nitrogens with one attached hydrogen (secondary N) is 2. The monoisotopic (exact) mass is 573 g/mol. The van der Waals surface area contributed by atoms with Crippen LogP contribution in [0.25, 0.3) is 6.08 Å². The number of para-hydroxylation sites is 2. The van der Waals surface area contributed by atoms with E-state index in [4.69, 9.17) is 44.3 Å². The third-order valence-electron chi connectivity index (χ3n) is 5.27. The Morgan fingerprint density at radius 2 is 1.74 bits per heavy atom. The molecular weight excluding hydrogens is 557 g/mol. The number of barbiturate groups is 1. The molecule has 0 aliphatic carbocycles. The lowest BCUT2D eigenvalue weighted by molar-refractivity contribution is -0.122. The minimum atomic E-state index is -0.953. The maximum atomic E-state index is 13.2. The summed E-state index contributed by atoms with van der Waals surface area (Å²) in [6.07, 6.45) is 1.22. The molecule has 0 aromatic heterocycles. The first-order chi connectivity index (χ1) is 18.2. The molecule has 2 N–H and O–H groups in total. The SMILES string of the molecule is COc1ccccc1NC(=O)COc1ccc(Cl)cc1/C=C1/C(=O)NC(=O)N(c2ccc(Cl)c(Cl)c2)C1=O. The van der Waals surface area contributed by atoms with Gasteiger partial charge in [0.15, 0.2) is 6.61 Å². The van der Waals surface area contributed by atoms with E-state index in [-0.39, 0.29) is 37.6 Å². The molecule has 1 aliphatic rings. The predicted molar refractivity (Wildman–Crippen MR) is 144 cm³/mol. The Hall–Kier alpha value is -4.05. The lowest BCUT2D eigenvalue weighted by Crippen LogP contribution is -2.54. The van der Waals surface area contributed by atoms with Gasteiger partial charge in [-0.25, -0.2) is 9.69 Å². The molecule has 1 heterocycles. The van der Waals surface area contributed by atoms with Gasteiger partial charge < -0.3 is 14.8 Å². The second-order valence-corrected chi connectivity index (χ2v) is 9.03. The number of urea groups is 1. The van der Waals surface area contributed by atoms with Crippen molar-refractivity contribution in [3.05, 3.63) is 86.9 Å². The first-order valence-corrected chi connectivity index (χ1v) is 12.0. The predicted octanol–water partition coefficient (Wildman–Crippen LogP) is 5.34. The van der Waals surface area contributed by atoms with Crippen LogP contribution in [-0.4, -0.2) is 37.5 Å². The number of hydrogen-bond donors (Lipinski definition) is 2. The molecule has 0 unspecified atom stereocenters. The van der Waals surface area contributed by atoms with Crippen molar-refractivity contribution < 1.29 is 28.7 Å². The molecule has 38 heavy (non-hydrogen) atoms. The van der Waals surface area contributed by atoms with Gasteiger partial charge in [0.05, 0.1) is 28.5 Å². The van der Waals surface area contributed by atoms with Gasteiger partial charge in [-0.3, -0.25) is 19.7 Å². The lowest BCUT2D eigenvalue weighted by Gasteiger charge is -2.26. The summed E-state index contributed by atoms with van der Waals surface area (Å²) in [4.78, 5) is 51.5. The zero-order chi connectivity index (χ0) is 27.4. The number of imide groups is 2.